The lowest BCUT2D eigenvalue weighted by atomic mass is 9.49. The van der Waals surface area contributed by atoms with Gasteiger partial charge >= 0.3 is 5.97 Å². The molecular weight excluding hydrogens is 368 g/mol. The van der Waals surface area contributed by atoms with Crippen LogP contribution in [0.15, 0.2) is 0 Å². The highest BCUT2D eigenvalue weighted by molar-refractivity contribution is 6.24. The van der Waals surface area contributed by atoms with Crippen LogP contribution in [0.3, 0.4) is 0 Å². The first-order chi connectivity index (χ1) is 12.7. The molecule has 5 aliphatic rings. The van der Waals surface area contributed by atoms with Crippen LogP contribution in [0.25, 0.3) is 0 Å². The van der Waals surface area contributed by atoms with Crippen LogP contribution in [0.5, 0.6) is 0 Å². The van der Waals surface area contributed by atoms with Crippen LogP contribution in [-0.4, -0.2) is 46.8 Å². The average molecular weight is 397 g/mol. The molecule has 2 N–H and O–H groups in total. The number of carbonyl (C=O) groups is 3. The van der Waals surface area contributed by atoms with E-state index in [1.807, 2.05) is 0 Å². The maximum atomic E-state index is 13.1. The molecule has 0 spiro atoms. The van der Waals surface area contributed by atoms with E-state index in [0.29, 0.717) is 37.8 Å². The summed E-state index contributed by atoms with van der Waals surface area (Å²) in [6.07, 6.45) is 6.11. The second kappa shape index (κ2) is 6.64. The number of ether oxygens (including phenoxy) is 1. The van der Waals surface area contributed by atoms with Crippen LogP contribution in [-0.2, 0) is 19.1 Å². The first kappa shape index (κ1) is 19.0. The molecule has 1 heterocycles. The quantitative estimate of drug-likeness (QED) is 0.582. The third kappa shape index (κ3) is 3.45. The monoisotopic (exact) mass is 396 g/mol. The molecule has 0 aromatic rings. The van der Waals surface area contributed by atoms with Crippen LogP contribution >= 0.6 is 11.6 Å². The van der Waals surface area contributed by atoms with E-state index in [-0.39, 0.29) is 28.6 Å². The third-order valence-electron chi connectivity index (χ3n) is 7.19. The lowest BCUT2D eigenvalue weighted by Crippen LogP contribution is -2.57. The molecule has 0 aromatic carbocycles. The summed E-state index contributed by atoms with van der Waals surface area (Å²) >= 11 is 6.80. The number of nitrogens with two attached hydrogens (primary N) is 1. The van der Waals surface area contributed by atoms with Crippen LogP contribution in [0.1, 0.15) is 58.3 Å². The molecule has 5 fully saturated rings. The molecule has 4 aliphatic carbocycles. The summed E-state index contributed by atoms with van der Waals surface area (Å²) in [5.41, 5.74) is 4.88. The number of rotatable bonds is 4. The molecular formula is C20H29ClN2O4. The van der Waals surface area contributed by atoms with Crippen LogP contribution in [0, 0.1) is 23.2 Å². The molecule has 4 unspecified atom stereocenters. The summed E-state index contributed by atoms with van der Waals surface area (Å²) < 4.78 is 5.69. The molecule has 0 radical (unpaired) electrons. The first-order valence-corrected chi connectivity index (χ1v) is 10.6. The number of likely N-dealkylation sites (tertiary alicyclic amines) is 1. The van der Waals surface area contributed by atoms with Gasteiger partial charge in [0.25, 0.3) is 5.91 Å². The fourth-order valence-corrected chi connectivity index (χ4v) is 7.08. The van der Waals surface area contributed by atoms with Crippen molar-refractivity contribution in [3.63, 3.8) is 0 Å². The van der Waals surface area contributed by atoms with Crippen molar-refractivity contribution < 1.29 is 19.1 Å². The Balaban J connectivity index is 1.41. The molecule has 27 heavy (non-hydrogen) atoms. The van der Waals surface area contributed by atoms with Crippen molar-refractivity contribution in [2.45, 2.75) is 69.3 Å². The van der Waals surface area contributed by atoms with Crippen molar-refractivity contribution >= 4 is 29.4 Å². The smallest absolute Gasteiger partial charge is 0.312 e. The maximum Gasteiger partial charge on any atom is 0.312 e. The number of hydrogen-bond donors (Lipinski definition) is 1. The Bertz CT molecular complexity index is 652. The fraction of sp³-hybridized carbons (Fsp3) is 0.850. The Morgan fingerprint density at radius 2 is 1.85 bits per heavy atom. The zero-order chi connectivity index (χ0) is 19.4. The second-order valence-electron chi connectivity index (χ2n) is 9.47. The molecule has 4 bridgehead atoms. The number of hydrogen-bond acceptors (Lipinski definition) is 4. The zero-order valence-electron chi connectivity index (χ0n) is 15.9. The molecule has 7 heteroatoms. The van der Waals surface area contributed by atoms with Gasteiger partial charge in [-0.1, -0.05) is 0 Å². The van der Waals surface area contributed by atoms with Gasteiger partial charge < -0.3 is 15.4 Å². The average Bonchev–Trinajstić information content (AvgIpc) is 2.59. The lowest BCUT2D eigenvalue weighted by Gasteiger charge is -2.58. The predicted octanol–water partition coefficient (Wildman–Crippen LogP) is 2.22. The summed E-state index contributed by atoms with van der Waals surface area (Å²) in [5, 5.41) is 0. The molecule has 0 aromatic heterocycles. The molecule has 150 valence electrons. The van der Waals surface area contributed by atoms with Gasteiger partial charge in [0.1, 0.15) is 0 Å². The van der Waals surface area contributed by atoms with Gasteiger partial charge in [0.2, 0.25) is 5.91 Å². The van der Waals surface area contributed by atoms with E-state index < -0.39 is 11.5 Å². The van der Waals surface area contributed by atoms with Gasteiger partial charge in [0, 0.05) is 18.0 Å². The largest absolute Gasteiger partial charge is 0.452 e. The van der Waals surface area contributed by atoms with Gasteiger partial charge in [-0.2, -0.15) is 0 Å². The SMILES string of the molecule is CC(OC(=O)C12CC3CC(CC(Cl)(C3)C1)C2)C(=O)N1CCCC(C(N)=O)C1. The molecule has 2 amide bonds. The Morgan fingerprint density at radius 1 is 1.19 bits per heavy atom. The highest BCUT2D eigenvalue weighted by Gasteiger charge is 2.61. The summed E-state index contributed by atoms with van der Waals surface area (Å²) in [7, 11) is 0. The van der Waals surface area contributed by atoms with E-state index in [4.69, 9.17) is 22.1 Å². The number of piperidine rings is 1. The number of carbonyl (C=O) groups excluding carboxylic acids is 3. The Kier molecular flexibility index (Phi) is 4.68. The minimum Gasteiger partial charge on any atom is -0.452 e. The Morgan fingerprint density at radius 3 is 2.44 bits per heavy atom. The lowest BCUT2D eigenvalue weighted by molar-refractivity contribution is -0.179. The highest BCUT2D eigenvalue weighted by Crippen LogP contribution is 2.64. The van der Waals surface area contributed by atoms with Gasteiger partial charge in [-0.05, 0) is 70.1 Å². The van der Waals surface area contributed by atoms with Gasteiger partial charge in [-0.25, -0.2) is 0 Å². The van der Waals surface area contributed by atoms with E-state index >= 15 is 0 Å². The molecule has 1 saturated heterocycles. The predicted molar refractivity (Wildman–Crippen MR) is 99.8 cm³/mol. The Labute approximate surface area is 165 Å². The molecule has 4 saturated carbocycles. The molecule has 5 rings (SSSR count). The number of halogens is 1. The third-order valence-corrected chi connectivity index (χ3v) is 7.63. The van der Waals surface area contributed by atoms with Crippen molar-refractivity contribution in [1.29, 1.82) is 0 Å². The van der Waals surface area contributed by atoms with E-state index in [1.165, 1.54) is 6.42 Å². The van der Waals surface area contributed by atoms with Crippen LogP contribution < -0.4 is 5.73 Å². The van der Waals surface area contributed by atoms with E-state index in [2.05, 4.69) is 0 Å². The van der Waals surface area contributed by atoms with Crippen molar-refractivity contribution in [2.75, 3.05) is 13.1 Å². The number of alkyl halides is 1. The van der Waals surface area contributed by atoms with Crippen LogP contribution in [0.2, 0.25) is 0 Å². The van der Waals surface area contributed by atoms with E-state index in [1.54, 1.807) is 11.8 Å². The second-order valence-corrected chi connectivity index (χ2v) is 10.3. The van der Waals surface area contributed by atoms with Crippen molar-refractivity contribution in [3.8, 4) is 0 Å². The zero-order valence-corrected chi connectivity index (χ0v) is 16.7. The number of nitrogens with zero attached hydrogens (tertiary/aromatic N) is 1. The number of primary amides is 1. The summed E-state index contributed by atoms with van der Waals surface area (Å²) in [5.74, 6) is -0.185. The first-order valence-electron chi connectivity index (χ1n) is 10.2. The summed E-state index contributed by atoms with van der Waals surface area (Å²) in [6, 6.07) is 0. The van der Waals surface area contributed by atoms with Gasteiger partial charge in [0.15, 0.2) is 6.10 Å². The van der Waals surface area contributed by atoms with Crippen LogP contribution in [0.4, 0.5) is 0 Å². The van der Waals surface area contributed by atoms with Crippen molar-refractivity contribution in [1.82, 2.24) is 4.90 Å². The summed E-state index contributed by atoms with van der Waals surface area (Å²) in [4.78, 5) is 38.6. The van der Waals surface area contributed by atoms with Gasteiger partial charge in [-0.15, -0.1) is 11.6 Å². The van der Waals surface area contributed by atoms with Gasteiger partial charge in [-0.3, -0.25) is 14.4 Å². The maximum absolute atomic E-state index is 13.1. The van der Waals surface area contributed by atoms with E-state index in [0.717, 1.165) is 32.1 Å². The molecule has 6 nitrogen and oxygen atoms in total. The standard InChI is InChI=1S/C20H29ClN2O4/c1-12(17(25)23-4-2-3-15(10-23)16(22)24)27-18(26)19-6-13-5-14(7-19)9-20(21,8-13)11-19/h12-15H,2-11H2,1H3,(H2,22,24). The van der Waals surface area contributed by atoms with Crippen molar-refractivity contribution in [2.24, 2.45) is 28.9 Å². The van der Waals surface area contributed by atoms with Gasteiger partial charge in [0.05, 0.1) is 11.3 Å². The molecule has 1 aliphatic heterocycles. The van der Waals surface area contributed by atoms with Crippen molar-refractivity contribution in [3.05, 3.63) is 0 Å². The Hall–Kier alpha value is -1.30. The van der Waals surface area contributed by atoms with E-state index in [9.17, 15) is 14.4 Å². The molecule has 4 atom stereocenters. The minimum atomic E-state index is -0.844. The normalized spacial score (nSPS) is 41.3. The topological polar surface area (TPSA) is 89.7 Å². The summed E-state index contributed by atoms with van der Waals surface area (Å²) in [6.45, 7) is 2.52. The minimum absolute atomic E-state index is 0.236. The number of amides is 2. The fourth-order valence-electron chi connectivity index (χ4n) is 6.39. The number of esters is 1. The highest BCUT2D eigenvalue weighted by atomic mass is 35.5.